The Morgan fingerprint density at radius 3 is 2.71 bits per heavy atom. The lowest BCUT2D eigenvalue weighted by Crippen LogP contribution is -2.35. The number of nitrogens with zero attached hydrogens (tertiary/aromatic N) is 2. The Bertz CT molecular complexity index is 1020. The van der Waals surface area contributed by atoms with E-state index in [-0.39, 0.29) is 5.91 Å². The molecule has 0 saturated carbocycles. The fraction of sp³-hybridized carbons (Fsp3) is 0.286. The van der Waals surface area contributed by atoms with Crippen molar-refractivity contribution in [2.24, 2.45) is 0 Å². The van der Waals surface area contributed by atoms with Crippen molar-refractivity contribution in [1.82, 2.24) is 15.1 Å². The number of aromatic nitrogens is 2. The van der Waals surface area contributed by atoms with Crippen LogP contribution < -0.4 is 5.32 Å². The molecule has 1 aromatic carbocycles. The molecule has 6 nitrogen and oxygen atoms in total. The monoisotopic (exact) mass is 397 g/mol. The first-order valence-electron chi connectivity index (χ1n) is 9.01. The number of esters is 1. The number of nitrogens with one attached hydrogen (secondary N) is 1. The summed E-state index contributed by atoms with van der Waals surface area (Å²) in [6, 6.07) is 10.1. The number of ether oxygens (including phenoxy) is 1. The summed E-state index contributed by atoms with van der Waals surface area (Å²) < 4.78 is 7.20. The molecule has 0 unspecified atom stereocenters. The molecule has 28 heavy (non-hydrogen) atoms. The molecule has 1 atom stereocenters. The van der Waals surface area contributed by atoms with Gasteiger partial charge in [-0.15, -0.1) is 17.9 Å². The van der Waals surface area contributed by atoms with Crippen LogP contribution in [-0.4, -0.2) is 34.3 Å². The van der Waals surface area contributed by atoms with Gasteiger partial charge < -0.3 is 10.1 Å². The Hall–Kier alpha value is -2.93. The van der Waals surface area contributed by atoms with Crippen LogP contribution in [0.25, 0.3) is 10.2 Å². The first kappa shape index (κ1) is 19.8. The van der Waals surface area contributed by atoms with E-state index in [4.69, 9.17) is 4.74 Å². The van der Waals surface area contributed by atoms with E-state index in [1.807, 2.05) is 11.6 Å². The first-order chi connectivity index (χ1) is 13.4. The van der Waals surface area contributed by atoms with Gasteiger partial charge in [-0.1, -0.05) is 35.9 Å². The van der Waals surface area contributed by atoms with Gasteiger partial charge in [0.1, 0.15) is 9.71 Å². The summed E-state index contributed by atoms with van der Waals surface area (Å²) in [6.07, 6.45) is 0.698. The highest BCUT2D eigenvalue weighted by Crippen LogP contribution is 2.29. The maximum absolute atomic E-state index is 12.5. The molecule has 2 heterocycles. The highest BCUT2D eigenvalue weighted by Gasteiger charge is 2.22. The predicted molar refractivity (Wildman–Crippen MR) is 111 cm³/mol. The number of fused-ring (bicyclic) bond motifs is 1. The summed E-state index contributed by atoms with van der Waals surface area (Å²) >= 11 is 1.32. The summed E-state index contributed by atoms with van der Waals surface area (Å²) in [5.74, 6) is -0.861. The fourth-order valence-electron chi connectivity index (χ4n) is 2.78. The second kappa shape index (κ2) is 8.39. The van der Waals surface area contributed by atoms with Gasteiger partial charge in [-0.25, -0.2) is 4.79 Å². The second-order valence-corrected chi connectivity index (χ2v) is 7.67. The lowest BCUT2D eigenvalue weighted by atomic mass is 10.1. The van der Waals surface area contributed by atoms with Crippen molar-refractivity contribution in [3.63, 3.8) is 0 Å². The van der Waals surface area contributed by atoms with Crippen LogP contribution in [0.3, 0.4) is 0 Å². The summed E-state index contributed by atoms with van der Waals surface area (Å²) in [4.78, 5) is 25.7. The van der Waals surface area contributed by atoms with Gasteiger partial charge in [0.2, 0.25) is 0 Å². The summed E-state index contributed by atoms with van der Waals surface area (Å²) in [7, 11) is 0. The molecule has 0 radical (unpaired) electrons. The minimum atomic E-state index is -0.872. The molecule has 146 valence electrons. The molecule has 3 aromatic rings. The van der Waals surface area contributed by atoms with Gasteiger partial charge >= 0.3 is 5.97 Å². The van der Waals surface area contributed by atoms with Gasteiger partial charge in [0, 0.05) is 11.9 Å². The van der Waals surface area contributed by atoms with Gasteiger partial charge in [0.15, 0.2) is 6.10 Å². The van der Waals surface area contributed by atoms with E-state index in [1.54, 1.807) is 19.1 Å². The largest absolute Gasteiger partial charge is 0.448 e. The zero-order chi connectivity index (χ0) is 20.3. The maximum Gasteiger partial charge on any atom is 0.349 e. The molecule has 0 aliphatic heterocycles. The third-order valence-electron chi connectivity index (χ3n) is 4.34. The SMILES string of the molecule is C=CCNC(=O)[C@@H](C)OC(=O)c1cc2c(C)nn(Cc3ccc(C)cc3)c2s1. The Morgan fingerprint density at radius 2 is 2.04 bits per heavy atom. The van der Waals surface area contributed by atoms with Gasteiger partial charge in [-0.2, -0.15) is 5.10 Å². The number of aryl methyl sites for hydroxylation is 2. The van der Waals surface area contributed by atoms with Crippen LogP contribution >= 0.6 is 11.3 Å². The summed E-state index contributed by atoms with van der Waals surface area (Å²) in [5.41, 5.74) is 3.20. The van der Waals surface area contributed by atoms with E-state index in [2.05, 4.69) is 48.2 Å². The van der Waals surface area contributed by atoms with E-state index in [0.29, 0.717) is 18.0 Å². The topological polar surface area (TPSA) is 73.2 Å². The second-order valence-electron chi connectivity index (χ2n) is 6.64. The number of carbonyl (C=O) groups excluding carboxylic acids is 2. The standard InChI is InChI=1S/C21H23N3O3S/c1-5-10-22-19(25)15(4)27-21(26)18-11-17-14(3)23-24(20(17)28-18)12-16-8-6-13(2)7-9-16/h5-9,11,15H,1,10,12H2,2-4H3,(H,22,25)/t15-/m1/s1. The average molecular weight is 398 g/mol. The minimum absolute atomic E-state index is 0.331. The van der Waals surface area contributed by atoms with Crippen molar-refractivity contribution in [3.8, 4) is 0 Å². The third kappa shape index (κ3) is 4.31. The van der Waals surface area contributed by atoms with Crippen LogP contribution in [0.15, 0.2) is 43.0 Å². The molecule has 0 aliphatic carbocycles. The van der Waals surface area contributed by atoms with Crippen LogP contribution in [0, 0.1) is 13.8 Å². The predicted octanol–water partition coefficient (Wildman–Crippen LogP) is 3.61. The van der Waals surface area contributed by atoms with E-state index < -0.39 is 12.1 Å². The minimum Gasteiger partial charge on any atom is -0.448 e. The number of rotatable bonds is 7. The highest BCUT2D eigenvalue weighted by molar-refractivity contribution is 7.20. The number of hydrogen-bond acceptors (Lipinski definition) is 5. The maximum atomic E-state index is 12.5. The lowest BCUT2D eigenvalue weighted by molar-refractivity contribution is -0.128. The highest BCUT2D eigenvalue weighted by atomic mass is 32.1. The molecule has 1 amide bonds. The van der Waals surface area contributed by atoms with Crippen molar-refractivity contribution < 1.29 is 14.3 Å². The van der Waals surface area contributed by atoms with Crippen LogP contribution in [0.1, 0.15) is 33.4 Å². The van der Waals surface area contributed by atoms with Crippen LogP contribution in [-0.2, 0) is 16.1 Å². The number of benzene rings is 1. The van der Waals surface area contributed by atoms with E-state index >= 15 is 0 Å². The van der Waals surface area contributed by atoms with E-state index in [0.717, 1.165) is 21.5 Å². The Kier molecular flexibility index (Phi) is 5.94. The molecule has 0 bridgehead atoms. The number of hydrogen-bond donors (Lipinski definition) is 1. The van der Waals surface area contributed by atoms with Gasteiger partial charge in [-0.05, 0) is 32.4 Å². The Labute approximate surface area is 167 Å². The fourth-order valence-corrected chi connectivity index (χ4v) is 3.82. The van der Waals surface area contributed by atoms with Crippen LogP contribution in [0.5, 0.6) is 0 Å². The quantitative estimate of drug-likeness (QED) is 0.488. The molecular formula is C21H23N3O3S. The molecule has 3 rings (SSSR count). The van der Waals surface area contributed by atoms with E-state index in [1.165, 1.54) is 16.9 Å². The molecule has 0 fully saturated rings. The number of carbonyl (C=O) groups is 2. The van der Waals surface area contributed by atoms with Gasteiger partial charge in [0.05, 0.1) is 12.2 Å². The zero-order valence-corrected chi connectivity index (χ0v) is 17.0. The zero-order valence-electron chi connectivity index (χ0n) is 16.2. The van der Waals surface area contributed by atoms with Gasteiger partial charge in [0.25, 0.3) is 5.91 Å². The molecule has 0 saturated heterocycles. The van der Waals surface area contributed by atoms with Crippen molar-refractivity contribution in [2.75, 3.05) is 6.54 Å². The normalized spacial score (nSPS) is 12.0. The van der Waals surface area contributed by atoms with Crippen LogP contribution in [0.2, 0.25) is 0 Å². The molecule has 1 N–H and O–H groups in total. The summed E-state index contributed by atoms with van der Waals surface area (Å²) in [5, 5.41) is 8.13. The number of thiophene rings is 1. The molecular weight excluding hydrogens is 374 g/mol. The van der Waals surface area contributed by atoms with E-state index in [9.17, 15) is 9.59 Å². The van der Waals surface area contributed by atoms with Gasteiger partial charge in [-0.3, -0.25) is 9.48 Å². The molecule has 0 spiro atoms. The summed E-state index contributed by atoms with van der Waals surface area (Å²) in [6.45, 7) is 10.0. The third-order valence-corrected chi connectivity index (χ3v) is 5.46. The number of amides is 1. The molecule has 2 aromatic heterocycles. The molecule has 7 heteroatoms. The Morgan fingerprint density at radius 1 is 1.32 bits per heavy atom. The molecule has 0 aliphatic rings. The lowest BCUT2D eigenvalue weighted by Gasteiger charge is -2.11. The average Bonchev–Trinajstić information content (AvgIpc) is 3.23. The van der Waals surface area contributed by atoms with Crippen molar-refractivity contribution in [1.29, 1.82) is 0 Å². The van der Waals surface area contributed by atoms with Crippen LogP contribution in [0.4, 0.5) is 0 Å². The first-order valence-corrected chi connectivity index (χ1v) is 9.82. The van der Waals surface area contributed by atoms with Crippen molar-refractivity contribution in [3.05, 3.63) is 64.7 Å². The smallest absolute Gasteiger partial charge is 0.349 e. The Balaban J connectivity index is 1.78. The van der Waals surface area contributed by atoms with Crippen molar-refractivity contribution >= 4 is 33.4 Å². The van der Waals surface area contributed by atoms with Crippen molar-refractivity contribution in [2.45, 2.75) is 33.4 Å².